The number of halogens is 2. The fourth-order valence-electron chi connectivity index (χ4n) is 3.28. The van der Waals surface area contributed by atoms with Crippen LogP contribution < -0.4 is 0 Å². The zero-order chi connectivity index (χ0) is 13.6. The van der Waals surface area contributed by atoms with Gasteiger partial charge in [-0.15, -0.1) is 0 Å². The van der Waals surface area contributed by atoms with Crippen molar-refractivity contribution in [3.63, 3.8) is 0 Å². The van der Waals surface area contributed by atoms with Crippen LogP contribution in [0.25, 0.3) is 0 Å². The summed E-state index contributed by atoms with van der Waals surface area (Å²) in [4.78, 5) is 2.44. The molecule has 4 heteroatoms. The Morgan fingerprint density at radius 2 is 2.11 bits per heavy atom. The summed E-state index contributed by atoms with van der Waals surface area (Å²) in [5.74, 6) is 0. The van der Waals surface area contributed by atoms with Crippen molar-refractivity contribution in [3.05, 3.63) is 33.8 Å². The van der Waals surface area contributed by atoms with E-state index in [-0.39, 0.29) is 0 Å². The molecule has 0 bridgehead atoms. The number of nitrogens with zero attached hydrogens (tertiary/aromatic N) is 1. The summed E-state index contributed by atoms with van der Waals surface area (Å²) in [6, 6.07) is 6.60. The fourth-order valence-corrected chi connectivity index (χ4v) is 3.66. The molecular formula is C15H19Cl2NO. The van der Waals surface area contributed by atoms with Gasteiger partial charge in [-0.25, -0.2) is 0 Å². The second-order valence-corrected chi connectivity index (χ2v) is 6.94. The summed E-state index contributed by atoms with van der Waals surface area (Å²) in [5, 5.41) is 12.2. The molecule has 0 amide bonds. The van der Waals surface area contributed by atoms with E-state index in [1.807, 2.05) is 6.07 Å². The van der Waals surface area contributed by atoms with Crippen molar-refractivity contribution in [1.82, 2.24) is 4.90 Å². The molecule has 1 aromatic rings. The van der Waals surface area contributed by atoms with E-state index in [1.54, 1.807) is 12.1 Å². The Balaban J connectivity index is 1.76. The molecule has 1 aliphatic heterocycles. The largest absolute Gasteiger partial charge is 0.388 e. The van der Waals surface area contributed by atoms with Crippen LogP contribution in [0.1, 0.15) is 31.7 Å². The van der Waals surface area contributed by atoms with Crippen molar-refractivity contribution in [2.45, 2.75) is 50.3 Å². The maximum absolute atomic E-state index is 10.8. The maximum atomic E-state index is 10.8. The third-order valence-corrected chi connectivity index (χ3v) is 4.87. The molecule has 1 saturated heterocycles. The van der Waals surface area contributed by atoms with Crippen molar-refractivity contribution in [1.29, 1.82) is 0 Å². The highest BCUT2D eigenvalue weighted by Crippen LogP contribution is 2.39. The van der Waals surface area contributed by atoms with E-state index in [0.29, 0.717) is 28.5 Å². The van der Waals surface area contributed by atoms with Gasteiger partial charge in [0.2, 0.25) is 0 Å². The van der Waals surface area contributed by atoms with Gasteiger partial charge >= 0.3 is 0 Å². The van der Waals surface area contributed by atoms with Crippen LogP contribution >= 0.6 is 23.2 Å². The Bertz CT molecular complexity index is 489. The number of benzene rings is 1. The van der Waals surface area contributed by atoms with Crippen LogP contribution in [0.4, 0.5) is 0 Å². The molecule has 1 aromatic carbocycles. The Labute approximate surface area is 124 Å². The van der Waals surface area contributed by atoms with Crippen molar-refractivity contribution in [3.8, 4) is 0 Å². The second-order valence-electron chi connectivity index (χ2n) is 6.09. The van der Waals surface area contributed by atoms with Gasteiger partial charge in [-0.05, 0) is 49.9 Å². The SMILES string of the molecule is CC1CC(O)(Cc2cc(Cl)ccc2Cl)CN1C1CC1. The molecule has 104 valence electrons. The van der Waals surface area contributed by atoms with Crippen LogP contribution in [0.5, 0.6) is 0 Å². The highest BCUT2D eigenvalue weighted by Gasteiger charge is 2.46. The number of rotatable bonds is 3. The van der Waals surface area contributed by atoms with Gasteiger partial charge in [0.25, 0.3) is 0 Å². The van der Waals surface area contributed by atoms with Crippen LogP contribution in [-0.4, -0.2) is 34.2 Å². The number of likely N-dealkylation sites (tertiary alicyclic amines) is 1. The van der Waals surface area contributed by atoms with Gasteiger partial charge < -0.3 is 5.11 Å². The van der Waals surface area contributed by atoms with Crippen LogP contribution in [0, 0.1) is 0 Å². The van der Waals surface area contributed by atoms with Crippen LogP contribution in [0.2, 0.25) is 10.0 Å². The second kappa shape index (κ2) is 4.92. The first-order chi connectivity index (χ1) is 8.97. The molecule has 2 atom stereocenters. The van der Waals surface area contributed by atoms with Gasteiger partial charge in [0.15, 0.2) is 0 Å². The summed E-state index contributed by atoms with van der Waals surface area (Å²) in [5.41, 5.74) is 0.276. The highest BCUT2D eigenvalue weighted by atomic mass is 35.5. The number of aliphatic hydroxyl groups is 1. The van der Waals surface area contributed by atoms with Crippen LogP contribution in [-0.2, 0) is 6.42 Å². The molecule has 2 aliphatic rings. The molecule has 1 saturated carbocycles. The molecule has 2 fully saturated rings. The predicted octanol–water partition coefficient (Wildman–Crippen LogP) is 3.52. The van der Waals surface area contributed by atoms with E-state index in [4.69, 9.17) is 23.2 Å². The molecule has 1 heterocycles. The molecule has 1 aliphatic carbocycles. The van der Waals surface area contributed by atoms with E-state index in [9.17, 15) is 5.11 Å². The minimum Gasteiger partial charge on any atom is -0.388 e. The van der Waals surface area contributed by atoms with Crippen LogP contribution in [0.3, 0.4) is 0 Å². The normalized spacial score (nSPS) is 31.9. The van der Waals surface area contributed by atoms with Gasteiger partial charge in [-0.3, -0.25) is 4.90 Å². The van der Waals surface area contributed by atoms with E-state index >= 15 is 0 Å². The molecule has 0 aromatic heterocycles. The molecule has 3 rings (SSSR count). The standard InChI is InChI=1S/C15H19Cl2NO/c1-10-7-15(19,9-18(10)13-3-4-13)8-11-6-12(16)2-5-14(11)17/h2,5-6,10,13,19H,3-4,7-9H2,1H3. The number of hydrogen-bond acceptors (Lipinski definition) is 2. The Morgan fingerprint density at radius 3 is 2.79 bits per heavy atom. The van der Waals surface area contributed by atoms with Crippen molar-refractivity contribution < 1.29 is 5.11 Å². The zero-order valence-corrected chi connectivity index (χ0v) is 12.6. The summed E-state index contributed by atoms with van der Waals surface area (Å²) >= 11 is 12.2. The van der Waals surface area contributed by atoms with E-state index in [1.165, 1.54) is 12.8 Å². The maximum Gasteiger partial charge on any atom is 0.0829 e. The number of β-amino-alcohol motifs (C(OH)–C–C–N with tert-alkyl or cyclic N) is 1. The fraction of sp³-hybridized carbons (Fsp3) is 0.600. The van der Waals surface area contributed by atoms with Crippen LogP contribution in [0.15, 0.2) is 18.2 Å². The van der Waals surface area contributed by atoms with Crippen molar-refractivity contribution in [2.24, 2.45) is 0 Å². The van der Waals surface area contributed by atoms with Gasteiger partial charge in [0.05, 0.1) is 5.60 Å². The minimum absolute atomic E-state index is 0.454. The predicted molar refractivity (Wildman–Crippen MR) is 78.9 cm³/mol. The van der Waals surface area contributed by atoms with E-state index < -0.39 is 5.60 Å². The summed E-state index contributed by atoms with van der Waals surface area (Å²) in [6.45, 7) is 2.96. The van der Waals surface area contributed by atoms with E-state index in [2.05, 4.69) is 11.8 Å². The summed E-state index contributed by atoms with van der Waals surface area (Å²) in [6.07, 6.45) is 3.95. The first-order valence-corrected chi connectivity index (χ1v) is 7.64. The minimum atomic E-state index is -0.670. The lowest BCUT2D eigenvalue weighted by atomic mass is 9.92. The molecule has 0 spiro atoms. The molecule has 0 radical (unpaired) electrons. The van der Waals surface area contributed by atoms with Gasteiger partial charge in [0, 0.05) is 35.1 Å². The first kappa shape index (κ1) is 13.7. The molecule has 2 nitrogen and oxygen atoms in total. The lowest BCUT2D eigenvalue weighted by Crippen LogP contribution is -2.36. The molecule has 2 unspecified atom stereocenters. The van der Waals surface area contributed by atoms with Crippen molar-refractivity contribution >= 4 is 23.2 Å². The molecule has 19 heavy (non-hydrogen) atoms. The van der Waals surface area contributed by atoms with E-state index in [0.717, 1.165) is 18.5 Å². The van der Waals surface area contributed by atoms with Gasteiger partial charge in [-0.2, -0.15) is 0 Å². The Hall–Kier alpha value is -0.280. The number of hydrogen-bond donors (Lipinski definition) is 1. The smallest absolute Gasteiger partial charge is 0.0829 e. The lowest BCUT2D eigenvalue weighted by molar-refractivity contribution is 0.0487. The monoisotopic (exact) mass is 299 g/mol. The van der Waals surface area contributed by atoms with Crippen molar-refractivity contribution in [2.75, 3.05) is 6.54 Å². The third kappa shape index (κ3) is 2.92. The third-order valence-electron chi connectivity index (χ3n) is 4.26. The average Bonchev–Trinajstić information content (AvgIpc) is 3.11. The van der Waals surface area contributed by atoms with Gasteiger partial charge in [0.1, 0.15) is 0 Å². The summed E-state index contributed by atoms with van der Waals surface area (Å²) in [7, 11) is 0. The topological polar surface area (TPSA) is 23.5 Å². The Kier molecular flexibility index (Phi) is 3.55. The highest BCUT2D eigenvalue weighted by molar-refractivity contribution is 6.33. The summed E-state index contributed by atoms with van der Waals surface area (Å²) < 4.78 is 0. The lowest BCUT2D eigenvalue weighted by Gasteiger charge is -2.24. The Morgan fingerprint density at radius 1 is 1.37 bits per heavy atom. The van der Waals surface area contributed by atoms with Gasteiger partial charge in [-0.1, -0.05) is 23.2 Å². The zero-order valence-electron chi connectivity index (χ0n) is 11.1. The first-order valence-electron chi connectivity index (χ1n) is 6.89. The molecular weight excluding hydrogens is 281 g/mol. The quantitative estimate of drug-likeness (QED) is 0.923. The average molecular weight is 300 g/mol. The molecule has 1 N–H and O–H groups in total.